The molecule has 0 spiro atoms. The number of rotatable bonds is 2. The average Bonchev–Trinajstić information content (AvgIpc) is 2.37. The second kappa shape index (κ2) is 5.64. The van der Waals surface area contributed by atoms with E-state index in [1.54, 1.807) is 37.3 Å². The van der Waals surface area contributed by atoms with Gasteiger partial charge in [0.2, 0.25) is 0 Å². The van der Waals surface area contributed by atoms with Gasteiger partial charge in [-0.3, -0.25) is 0 Å². The van der Waals surface area contributed by atoms with Gasteiger partial charge in [-0.2, -0.15) is 13.2 Å². The first-order valence-electron chi connectivity index (χ1n) is 7.48. The van der Waals surface area contributed by atoms with Crippen molar-refractivity contribution in [2.24, 2.45) is 17.8 Å². The molecule has 1 aromatic carbocycles. The first-order chi connectivity index (χ1) is 9.68. The summed E-state index contributed by atoms with van der Waals surface area (Å²) in [6, 6.07) is 8.79. The van der Waals surface area contributed by atoms with E-state index in [-0.39, 0.29) is 11.8 Å². The van der Waals surface area contributed by atoms with Crippen molar-refractivity contribution >= 4 is 0 Å². The summed E-state index contributed by atoms with van der Waals surface area (Å²) in [6.07, 6.45) is -4.68. The molecule has 1 aliphatic rings. The first kappa shape index (κ1) is 16.3. The van der Waals surface area contributed by atoms with E-state index in [1.807, 2.05) is 13.8 Å². The van der Waals surface area contributed by atoms with Crippen molar-refractivity contribution in [3.63, 3.8) is 0 Å². The largest absolute Gasteiger partial charge is 0.395 e. The van der Waals surface area contributed by atoms with Crippen molar-refractivity contribution < 1.29 is 18.3 Å². The molecule has 21 heavy (non-hydrogen) atoms. The molecule has 0 amide bonds. The van der Waals surface area contributed by atoms with Crippen LogP contribution in [0, 0.1) is 17.8 Å². The van der Waals surface area contributed by atoms with Crippen molar-refractivity contribution in [2.45, 2.75) is 51.3 Å². The van der Waals surface area contributed by atoms with E-state index in [9.17, 15) is 18.3 Å². The predicted octanol–water partition coefficient (Wildman–Crippen LogP) is 4.55. The smallest absolute Gasteiger partial charge is 0.392 e. The standard InChI is InChI=1S/C17H23F3O/c1-11(2)13-9-10-16(3,12-7-5-4-6-8-12)15(14(13)21)17(18,19)20/h4-8,11,13-15,21H,9-10H2,1-3H3/t13?,14?,15?,16-/m1/s1. The number of hydrogen-bond donors (Lipinski definition) is 1. The molecule has 0 aromatic heterocycles. The molecule has 4 atom stereocenters. The Morgan fingerprint density at radius 3 is 2.24 bits per heavy atom. The van der Waals surface area contributed by atoms with E-state index in [4.69, 9.17) is 0 Å². The highest BCUT2D eigenvalue weighted by Gasteiger charge is 2.59. The van der Waals surface area contributed by atoms with Crippen molar-refractivity contribution in [3.05, 3.63) is 35.9 Å². The van der Waals surface area contributed by atoms with Gasteiger partial charge in [0, 0.05) is 5.41 Å². The minimum atomic E-state index is -4.41. The maximum absolute atomic E-state index is 13.6. The minimum Gasteiger partial charge on any atom is -0.392 e. The van der Waals surface area contributed by atoms with E-state index in [1.165, 1.54) is 0 Å². The molecule has 0 aliphatic heterocycles. The quantitative estimate of drug-likeness (QED) is 0.849. The molecule has 1 aromatic rings. The van der Waals surface area contributed by atoms with Crippen molar-refractivity contribution in [1.82, 2.24) is 0 Å². The Labute approximate surface area is 124 Å². The fourth-order valence-electron chi connectivity index (χ4n) is 3.84. The molecular formula is C17H23F3O. The number of benzene rings is 1. The van der Waals surface area contributed by atoms with Crippen molar-refractivity contribution in [3.8, 4) is 0 Å². The second-order valence-corrected chi connectivity index (χ2v) is 6.74. The monoisotopic (exact) mass is 300 g/mol. The van der Waals surface area contributed by atoms with Crippen LogP contribution in [-0.4, -0.2) is 17.4 Å². The van der Waals surface area contributed by atoms with Crippen LogP contribution in [0.4, 0.5) is 13.2 Å². The average molecular weight is 300 g/mol. The van der Waals surface area contributed by atoms with E-state index >= 15 is 0 Å². The third-order valence-electron chi connectivity index (χ3n) is 5.11. The van der Waals surface area contributed by atoms with Crippen molar-refractivity contribution in [2.75, 3.05) is 0 Å². The summed E-state index contributed by atoms with van der Waals surface area (Å²) in [5.74, 6) is -1.97. The van der Waals surface area contributed by atoms with Crippen LogP contribution in [0.25, 0.3) is 0 Å². The van der Waals surface area contributed by atoms with Crippen LogP contribution in [0.3, 0.4) is 0 Å². The lowest BCUT2D eigenvalue weighted by atomic mass is 9.58. The molecule has 0 radical (unpaired) electrons. The Balaban J connectivity index is 2.46. The third-order valence-corrected chi connectivity index (χ3v) is 5.11. The fourth-order valence-corrected chi connectivity index (χ4v) is 3.84. The van der Waals surface area contributed by atoms with E-state index in [0.29, 0.717) is 18.4 Å². The van der Waals surface area contributed by atoms with Gasteiger partial charge in [-0.05, 0) is 30.2 Å². The molecule has 1 saturated carbocycles. The van der Waals surface area contributed by atoms with E-state index in [0.717, 1.165) is 0 Å². The molecule has 118 valence electrons. The lowest BCUT2D eigenvalue weighted by Gasteiger charge is -2.49. The molecule has 3 unspecified atom stereocenters. The maximum Gasteiger partial charge on any atom is 0.395 e. The lowest BCUT2D eigenvalue weighted by molar-refractivity contribution is -0.239. The highest BCUT2D eigenvalue weighted by molar-refractivity contribution is 5.28. The Bertz CT molecular complexity index is 469. The van der Waals surface area contributed by atoms with Gasteiger partial charge < -0.3 is 5.11 Å². The molecule has 0 heterocycles. The van der Waals surface area contributed by atoms with Gasteiger partial charge in [0.25, 0.3) is 0 Å². The summed E-state index contributed by atoms with van der Waals surface area (Å²) in [6.45, 7) is 5.40. The summed E-state index contributed by atoms with van der Waals surface area (Å²) < 4.78 is 40.9. The molecular weight excluding hydrogens is 277 g/mol. The highest BCUT2D eigenvalue weighted by atomic mass is 19.4. The zero-order valence-corrected chi connectivity index (χ0v) is 12.7. The topological polar surface area (TPSA) is 20.2 Å². The Morgan fingerprint density at radius 2 is 1.76 bits per heavy atom. The Kier molecular flexibility index (Phi) is 4.39. The molecule has 1 N–H and O–H groups in total. The SMILES string of the molecule is CC(C)C1CC[C@](C)(c2ccccc2)C(C(F)(F)F)C1O. The highest BCUT2D eigenvalue weighted by Crippen LogP contribution is 2.53. The number of aliphatic hydroxyl groups excluding tert-OH is 1. The summed E-state index contributed by atoms with van der Waals surface area (Å²) in [7, 11) is 0. The summed E-state index contributed by atoms with van der Waals surface area (Å²) in [4.78, 5) is 0. The van der Waals surface area contributed by atoms with Crippen LogP contribution >= 0.6 is 0 Å². The van der Waals surface area contributed by atoms with Crippen LogP contribution in [0.2, 0.25) is 0 Å². The maximum atomic E-state index is 13.6. The zero-order valence-electron chi connectivity index (χ0n) is 12.7. The van der Waals surface area contributed by atoms with Crippen molar-refractivity contribution in [1.29, 1.82) is 0 Å². The molecule has 4 heteroatoms. The first-order valence-corrected chi connectivity index (χ1v) is 7.48. The van der Waals surface area contributed by atoms with E-state index in [2.05, 4.69) is 0 Å². The number of alkyl halides is 3. The van der Waals surface area contributed by atoms with Gasteiger partial charge >= 0.3 is 6.18 Å². The van der Waals surface area contributed by atoms with Crippen LogP contribution < -0.4 is 0 Å². The Morgan fingerprint density at radius 1 is 1.19 bits per heavy atom. The number of hydrogen-bond acceptors (Lipinski definition) is 1. The fraction of sp³-hybridized carbons (Fsp3) is 0.647. The van der Waals surface area contributed by atoms with E-state index < -0.39 is 23.6 Å². The van der Waals surface area contributed by atoms with Crippen LogP contribution in [0.5, 0.6) is 0 Å². The normalized spacial score (nSPS) is 34.2. The summed E-state index contributed by atoms with van der Waals surface area (Å²) in [5, 5.41) is 10.4. The molecule has 1 fully saturated rings. The minimum absolute atomic E-state index is 0.0465. The second-order valence-electron chi connectivity index (χ2n) is 6.74. The van der Waals surface area contributed by atoms with Gasteiger partial charge in [0.15, 0.2) is 0 Å². The van der Waals surface area contributed by atoms with Gasteiger partial charge in [0.05, 0.1) is 12.0 Å². The van der Waals surface area contributed by atoms with Gasteiger partial charge in [-0.15, -0.1) is 0 Å². The molecule has 1 aliphatic carbocycles. The van der Waals surface area contributed by atoms with Crippen LogP contribution in [0.15, 0.2) is 30.3 Å². The van der Waals surface area contributed by atoms with Crippen LogP contribution in [-0.2, 0) is 5.41 Å². The number of aliphatic hydroxyl groups is 1. The number of halogens is 3. The molecule has 2 rings (SSSR count). The molecule has 0 saturated heterocycles. The molecule has 1 nitrogen and oxygen atoms in total. The zero-order chi connectivity index (χ0) is 15.8. The van der Waals surface area contributed by atoms with Gasteiger partial charge in [-0.1, -0.05) is 51.1 Å². The third kappa shape index (κ3) is 2.96. The van der Waals surface area contributed by atoms with Gasteiger partial charge in [0.1, 0.15) is 0 Å². The predicted molar refractivity (Wildman–Crippen MR) is 76.9 cm³/mol. The van der Waals surface area contributed by atoms with Gasteiger partial charge in [-0.25, -0.2) is 0 Å². The molecule has 0 bridgehead atoms. The van der Waals surface area contributed by atoms with Crippen LogP contribution in [0.1, 0.15) is 39.2 Å². The summed E-state index contributed by atoms with van der Waals surface area (Å²) in [5.41, 5.74) is -0.404. The summed E-state index contributed by atoms with van der Waals surface area (Å²) >= 11 is 0. The lowest BCUT2D eigenvalue weighted by Crippen LogP contribution is -2.55. The Hall–Kier alpha value is -1.03.